The summed E-state index contributed by atoms with van der Waals surface area (Å²) in [4.78, 5) is 0. The standard InChI is InChI=1S/C33H60O2Si/c1-23(13-11-17-30(2,3)4)27-15-16-28-24(14-12-18-32(27,28)8)19-29(34)33-21-25(33)20-26(22-33)35-36(9,10)31(5,6)7/h19,23,25-29,34H,11-18,20-22H2,1-10H3/t23-,25-,26+,27-,28-,29?,32-,33+/m1/s1. The van der Waals surface area contributed by atoms with Gasteiger partial charge in [-0.05, 0) is 110 Å². The third-order valence-electron chi connectivity index (χ3n) is 12.0. The minimum Gasteiger partial charge on any atom is -0.414 e. The highest BCUT2D eigenvalue weighted by atomic mass is 28.4. The molecule has 0 aromatic carbocycles. The average molecular weight is 517 g/mol. The van der Waals surface area contributed by atoms with Crippen molar-refractivity contribution in [3.05, 3.63) is 11.6 Å². The zero-order chi connectivity index (χ0) is 26.7. The summed E-state index contributed by atoms with van der Waals surface area (Å²) < 4.78 is 6.82. The fraction of sp³-hybridized carbons (Fsp3) is 0.939. The van der Waals surface area contributed by atoms with Crippen molar-refractivity contribution in [2.45, 2.75) is 156 Å². The maximum absolute atomic E-state index is 11.6. The van der Waals surface area contributed by atoms with Crippen molar-refractivity contribution in [1.82, 2.24) is 0 Å². The zero-order valence-electron chi connectivity index (χ0n) is 25.7. The van der Waals surface area contributed by atoms with E-state index in [-0.39, 0.29) is 16.6 Å². The molecule has 4 aliphatic rings. The maximum atomic E-state index is 11.6. The summed E-state index contributed by atoms with van der Waals surface area (Å²) in [6.45, 7) is 24.1. The third kappa shape index (κ3) is 5.60. The second-order valence-electron chi connectivity index (χ2n) is 16.8. The van der Waals surface area contributed by atoms with Crippen LogP contribution in [-0.2, 0) is 4.43 Å². The van der Waals surface area contributed by atoms with E-state index >= 15 is 0 Å². The van der Waals surface area contributed by atoms with Crippen molar-refractivity contribution in [1.29, 1.82) is 0 Å². The van der Waals surface area contributed by atoms with Gasteiger partial charge in [-0.3, -0.25) is 0 Å². The van der Waals surface area contributed by atoms with Gasteiger partial charge in [-0.1, -0.05) is 79.9 Å². The minimum absolute atomic E-state index is 0.117. The van der Waals surface area contributed by atoms with Gasteiger partial charge in [0.1, 0.15) is 0 Å². The number of fused-ring (bicyclic) bond motifs is 2. The summed E-state index contributed by atoms with van der Waals surface area (Å²) in [5.74, 6) is 3.05. The summed E-state index contributed by atoms with van der Waals surface area (Å²) in [5, 5.41) is 11.9. The van der Waals surface area contributed by atoms with E-state index in [0.29, 0.717) is 28.8 Å². The monoisotopic (exact) mass is 516 g/mol. The number of hydrogen-bond donors (Lipinski definition) is 1. The molecule has 0 saturated heterocycles. The molecule has 36 heavy (non-hydrogen) atoms. The van der Waals surface area contributed by atoms with Crippen LogP contribution in [0.3, 0.4) is 0 Å². The molecule has 0 bridgehead atoms. The van der Waals surface area contributed by atoms with Crippen molar-refractivity contribution >= 4 is 8.32 Å². The lowest BCUT2D eigenvalue weighted by Crippen LogP contribution is -2.44. The highest BCUT2D eigenvalue weighted by Crippen LogP contribution is 2.67. The number of aliphatic hydroxyl groups is 1. The van der Waals surface area contributed by atoms with E-state index < -0.39 is 8.32 Å². The molecule has 0 spiro atoms. The smallest absolute Gasteiger partial charge is 0.192 e. The zero-order valence-corrected chi connectivity index (χ0v) is 26.7. The summed E-state index contributed by atoms with van der Waals surface area (Å²) in [5.41, 5.74) is 2.63. The molecule has 0 aromatic rings. The number of aliphatic hydroxyl groups excluding tert-OH is 1. The van der Waals surface area contributed by atoms with E-state index in [4.69, 9.17) is 4.43 Å². The molecule has 208 valence electrons. The molecule has 4 aliphatic carbocycles. The maximum Gasteiger partial charge on any atom is 0.192 e. The molecule has 8 atom stereocenters. The average Bonchev–Trinajstić information content (AvgIpc) is 3.11. The van der Waals surface area contributed by atoms with E-state index in [1.54, 1.807) is 5.57 Å². The van der Waals surface area contributed by atoms with Gasteiger partial charge in [-0.25, -0.2) is 0 Å². The molecule has 4 saturated carbocycles. The third-order valence-corrected chi connectivity index (χ3v) is 16.5. The first-order valence-electron chi connectivity index (χ1n) is 15.5. The Morgan fingerprint density at radius 3 is 2.44 bits per heavy atom. The van der Waals surface area contributed by atoms with Crippen LogP contribution < -0.4 is 0 Å². The van der Waals surface area contributed by atoms with Crippen LogP contribution in [0.2, 0.25) is 18.1 Å². The van der Waals surface area contributed by atoms with Gasteiger partial charge in [0.25, 0.3) is 0 Å². The van der Waals surface area contributed by atoms with Crippen LogP contribution in [0.5, 0.6) is 0 Å². The van der Waals surface area contributed by atoms with Crippen molar-refractivity contribution in [3.8, 4) is 0 Å². The van der Waals surface area contributed by atoms with Gasteiger partial charge in [-0.15, -0.1) is 0 Å². The predicted molar refractivity (Wildman–Crippen MR) is 157 cm³/mol. The highest BCUT2D eigenvalue weighted by Gasteiger charge is 2.64. The van der Waals surface area contributed by atoms with E-state index in [0.717, 1.165) is 18.3 Å². The second kappa shape index (κ2) is 9.81. The lowest BCUT2D eigenvalue weighted by atomic mass is 9.60. The fourth-order valence-corrected chi connectivity index (χ4v) is 10.1. The molecule has 4 fully saturated rings. The molecular formula is C33H60O2Si. The first-order chi connectivity index (χ1) is 16.5. The van der Waals surface area contributed by atoms with Crippen LogP contribution in [0.1, 0.15) is 126 Å². The summed E-state index contributed by atoms with van der Waals surface area (Å²) >= 11 is 0. The molecule has 3 heteroatoms. The van der Waals surface area contributed by atoms with Crippen LogP contribution >= 0.6 is 0 Å². The van der Waals surface area contributed by atoms with E-state index in [1.807, 2.05) is 0 Å². The van der Waals surface area contributed by atoms with Gasteiger partial charge in [0.2, 0.25) is 0 Å². The molecule has 1 N–H and O–H groups in total. The van der Waals surface area contributed by atoms with Crippen LogP contribution in [0, 0.1) is 39.9 Å². The Balaban J connectivity index is 1.40. The van der Waals surface area contributed by atoms with Crippen molar-refractivity contribution < 1.29 is 9.53 Å². The van der Waals surface area contributed by atoms with Gasteiger partial charge in [0, 0.05) is 11.5 Å². The SMILES string of the molecule is C[C@H](CCCC(C)(C)C)[C@H]1CC[C@@H]2C(=CC(O)[C@@]34C[C@@H](O[Si](C)(C)C(C)(C)C)C[C@@H]3C4)CCC[C@@]21C. The topological polar surface area (TPSA) is 29.5 Å². The molecule has 0 amide bonds. The fourth-order valence-electron chi connectivity index (χ4n) is 8.70. The molecule has 0 radical (unpaired) electrons. The van der Waals surface area contributed by atoms with Crippen LogP contribution in [0.15, 0.2) is 11.6 Å². The van der Waals surface area contributed by atoms with Crippen LogP contribution in [-0.4, -0.2) is 25.6 Å². The molecule has 0 heterocycles. The Kier molecular flexibility index (Phi) is 7.87. The first kappa shape index (κ1) is 28.9. The van der Waals surface area contributed by atoms with Crippen LogP contribution in [0.4, 0.5) is 0 Å². The molecule has 0 aliphatic heterocycles. The summed E-state index contributed by atoms with van der Waals surface area (Å²) in [6, 6.07) is 0. The Bertz CT molecular complexity index is 817. The highest BCUT2D eigenvalue weighted by molar-refractivity contribution is 6.74. The first-order valence-corrected chi connectivity index (χ1v) is 18.5. The lowest BCUT2D eigenvalue weighted by Gasteiger charge is -2.45. The Morgan fingerprint density at radius 2 is 1.81 bits per heavy atom. The lowest BCUT2D eigenvalue weighted by molar-refractivity contribution is 0.0844. The Hall–Kier alpha value is -0.123. The Labute approximate surface area is 225 Å². The van der Waals surface area contributed by atoms with Gasteiger partial charge in [-0.2, -0.15) is 0 Å². The van der Waals surface area contributed by atoms with Crippen LogP contribution in [0.25, 0.3) is 0 Å². The van der Waals surface area contributed by atoms with E-state index in [2.05, 4.69) is 74.6 Å². The quantitative estimate of drug-likeness (QED) is 0.257. The summed E-state index contributed by atoms with van der Waals surface area (Å²) in [6.07, 6.45) is 16.7. The predicted octanol–water partition coefficient (Wildman–Crippen LogP) is 9.53. The van der Waals surface area contributed by atoms with Gasteiger partial charge >= 0.3 is 0 Å². The number of allylic oxidation sites excluding steroid dienone is 1. The van der Waals surface area contributed by atoms with Crippen molar-refractivity contribution in [2.75, 3.05) is 0 Å². The van der Waals surface area contributed by atoms with Crippen molar-refractivity contribution in [2.24, 2.45) is 39.9 Å². The summed E-state index contributed by atoms with van der Waals surface area (Å²) in [7, 11) is -1.75. The van der Waals surface area contributed by atoms with Gasteiger partial charge in [0.15, 0.2) is 8.32 Å². The normalized spacial score (nSPS) is 39.7. The molecule has 0 aromatic heterocycles. The number of hydrogen-bond acceptors (Lipinski definition) is 2. The molecule has 4 rings (SSSR count). The van der Waals surface area contributed by atoms with E-state index in [9.17, 15) is 5.11 Å². The molecular weight excluding hydrogens is 456 g/mol. The second-order valence-corrected chi connectivity index (χ2v) is 21.5. The molecule has 2 nitrogen and oxygen atoms in total. The van der Waals surface area contributed by atoms with Gasteiger partial charge < -0.3 is 9.53 Å². The van der Waals surface area contributed by atoms with Gasteiger partial charge in [0.05, 0.1) is 6.10 Å². The number of rotatable bonds is 8. The Morgan fingerprint density at radius 1 is 1.11 bits per heavy atom. The van der Waals surface area contributed by atoms with Crippen molar-refractivity contribution in [3.63, 3.8) is 0 Å². The largest absolute Gasteiger partial charge is 0.414 e. The minimum atomic E-state index is -1.75. The molecule has 1 unspecified atom stereocenters. The van der Waals surface area contributed by atoms with E-state index in [1.165, 1.54) is 64.2 Å².